The Bertz CT molecular complexity index is 884. The predicted octanol–water partition coefficient (Wildman–Crippen LogP) is 3.30. The van der Waals surface area contributed by atoms with Crippen LogP contribution in [0.5, 0.6) is 17.2 Å². The third-order valence-corrected chi connectivity index (χ3v) is 3.72. The Labute approximate surface area is 149 Å². The molecule has 27 heavy (non-hydrogen) atoms. The molecule has 0 saturated heterocycles. The average Bonchev–Trinajstić information content (AvgIpc) is 2.59. The number of primary amides is 1. The number of ether oxygens (including phenoxy) is 3. The SMILES string of the molecule is NC(=O)c1c(F)ccc(OCC2COc3ccc(C(F)(F)F)cc3O2)c1F. The highest BCUT2D eigenvalue weighted by Gasteiger charge is 2.33. The van der Waals surface area contributed by atoms with Gasteiger partial charge in [0.15, 0.2) is 29.2 Å². The Morgan fingerprint density at radius 2 is 1.93 bits per heavy atom. The Hall–Kier alpha value is -3.04. The first-order valence-corrected chi connectivity index (χ1v) is 7.58. The van der Waals surface area contributed by atoms with Gasteiger partial charge in [-0.15, -0.1) is 0 Å². The van der Waals surface area contributed by atoms with E-state index in [9.17, 15) is 26.7 Å². The van der Waals surface area contributed by atoms with Gasteiger partial charge in [0.25, 0.3) is 5.91 Å². The van der Waals surface area contributed by atoms with Crippen LogP contribution >= 0.6 is 0 Å². The minimum atomic E-state index is -4.55. The maximum atomic E-state index is 14.1. The molecule has 3 rings (SSSR count). The maximum Gasteiger partial charge on any atom is 0.416 e. The molecule has 0 spiro atoms. The summed E-state index contributed by atoms with van der Waals surface area (Å²) < 4.78 is 81.7. The third kappa shape index (κ3) is 3.88. The van der Waals surface area contributed by atoms with Gasteiger partial charge in [0.05, 0.1) is 5.56 Å². The van der Waals surface area contributed by atoms with Crippen molar-refractivity contribution in [1.29, 1.82) is 0 Å². The number of carbonyl (C=O) groups is 1. The molecule has 0 aromatic heterocycles. The molecule has 5 nitrogen and oxygen atoms in total. The van der Waals surface area contributed by atoms with Crippen LogP contribution in [0, 0.1) is 11.6 Å². The molecule has 0 fully saturated rings. The van der Waals surface area contributed by atoms with E-state index in [0.717, 1.165) is 30.3 Å². The van der Waals surface area contributed by atoms with Gasteiger partial charge in [0, 0.05) is 0 Å². The molecule has 1 unspecified atom stereocenters. The van der Waals surface area contributed by atoms with E-state index in [1.54, 1.807) is 0 Å². The first-order chi connectivity index (χ1) is 12.7. The van der Waals surface area contributed by atoms with E-state index in [1.165, 1.54) is 0 Å². The Kier molecular flexibility index (Phi) is 4.81. The third-order valence-electron chi connectivity index (χ3n) is 3.72. The summed E-state index contributed by atoms with van der Waals surface area (Å²) in [6, 6.07) is 4.54. The molecule has 0 aliphatic carbocycles. The van der Waals surface area contributed by atoms with E-state index >= 15 is 0 Å². The van der Waals surface area contributed by atoms with Gasteiger partial charge in [0.2, 0.25) is 0 Å². The van der Waals surface area contributed by atoms with Crippen molar-refractivity contribution in [2.24, 2.45) is 5.73 Å². The zero-order chi connectivity index (χ0) is 19.8. The summed E-state index contributed by atoms with van der Waals surface area (Å²) in [4.78, 5) is 11.1. The van der Waals surface area contributed by atoms with Gasteiger partial charge in [0.1, 0.15) is 24.6 Å². The second kappa shape index (κ2) is 6.93. The van der Waals surface area contributed by atoms with Crippen molar-refractivity contribution < 1.29 is 41.0 Å². The van der Waals surface area contributed by atoms with E-state index in [-0.39, 0.29) is 24.7 Å². The fourth-order valence-corrected chi connectivity index (χ4v) is 2.43. The summed E-state index contributed by atoms with van der Waals surface area (Å²) in [5, 5.41) is 0. The summed E-state index contributed by atoms with van der Waals surface area (Å²) in [5.74, 6) is -4.19. The molecular formula is C17H12F5NO4. The Morgan fingerprint density at radius 3 is 2.59 bits per heavy atom. The second-order valence-corrected chi connectivity index (χ2v) is 5.62. The molecule has 0 saturated carbocycles. The van der Waals surface area contributed by atoms with Gasteiger partial charge in [-0.2, -0.15) is 13.2 Å². The van der Waals surface area contributed by atoms with Crippen molar-refractivity contribution in [1.82, 2.24) is 0 Å². The van der Waals surface area contributed by atoms with Crippen molar-refractivity contribution in [2.45, 2.75) is 12.3 Å². The molecule has 2 aromatic carbocycles. The van der Waals surface area contributed by atoms with Crippen molar-refractivity contribution >= 4 is 5.91 Å². The van der Waals surface area contributed by atoms with Crippen molar-refractivity contribution in [2.75, 3.05) is 13.2 Å². The molecule has 0 bridgehead atoms. The van der Waals surface area contributed by atoms with Gasteiger partial charge in [-0.05, 0) is 30.3 Å². The topological polar surface area (TPSA) is 70.8 Å². The molecule has 2 aromatic rings. The van der Waals surface area contributed by atoms with E-state index in [0.29, 0.717) is 0 Å². The van der Waals surface area contributed by atoms with Gasteiger partial charge in [-0.3, -0.25) is 4.79 Å². The number of halogens is 5. The van der Waals surface area contributed by atoms with E-state index < -0.39 is 46.7 Å². The van der Waals surface area contributed by atoms with Crippen LogP contribution in [0.15, 0.2) is 30.3 Å². The quantitative estimate of drug-likeness (QED) is 0.815. The Morgan fingerprint density at radius 1 is 1.19 bits per heavy atom. The van der Waals surface area contributed by atoms with Crippen LogP contribution in [-0.2, 0) is 6.18 Å². The van der Waals surface area contributed by atoms with E-state index in [1.807, 2.05) is 0 Å². The average molecular weight is 389 g/mol. The number of nitrogens with two attached hydrogens (primary N) is 1. The fraction of sp³-hybridized carbons (Fsp3) is 0.235. The molecule has 10 heteroatoms. The van der Waals surface area contributed by atoms with Crippen molar-refractivity contribution in [3.05, 3.63) is 53.1 Å². The van der Waals surface area contributed by atoms with Crippen molar-refractivity contribution in [3.63, 3.8) is 0 Å². The zero-order valence-electron chi connectivity index (χ0n) is 13.5. The van der Waals surface area contributed by atoms with Crippen molar-refractivity contribution in [3.8, 4) is 17.2 Å². The summed E-state index contributed by atoms with van der Waals surface area (Å²) in [6.45, 7) is -0.389. The van der Waals surface area contributed by atoms with Crippen LogP contribution in [0.1, 0.15) is 15.9 Å². The fourth-order valence-electron chi connectivity index (χ4n) is 2.43. The number of alkyl halides is 3. The van der Waals surface area contributed by atoms with Gasteiger partial charge in [-0.25, -0.2) is 8.78 Å². The number of rotatable bonds is 4. The smallest absolute Gasteiger partial charge is 0.416 e. The standard InChI is InChI=1S/C17H12F5NO4/c18-10-2-4-12(15(19)14(10)16(23)24)26-7-9-6-25-11-3-1-8(17(20,21)22)5-13(11)27-9/h1-5,9H,6-7H2,(H2,23,24). The molecule has 0 radical (unpaired) electrons. The number of benzene rings is 2. The number of carbonyl (C=O) groups excluding carboxylic acids is 1. The largest absolute Gasteiger partial charge is 0.486 e. The first kappa shape index (κ1) is 18.7. The lowest BCUT2D eigenvalue weighted by atomic mass is 10.1. The summed E-state index contributed by atoms with van der Waals surface area (Å²) >= 11 is 0. The molecule has 1 aliphatic heterocycles. The monoisotopic (exact) mass is 389 g/mol. The molecule has 1 amide bonds. The number of amides is 1. The molecule has 144 valence electrons. The molecular weight excluding hydrogens is 377 g/mol. The number of hydrogen-bond acceptors (Lipinski definition) is 4. The minimum Gasteiger partial charge on any atom is -0.486 e. The summed E-state index contributed by atoms with van der Waals surface area (Å²) in [7, 11) is 0. The van der Waals surface area contributed by atoms with Crippen LogP contribution in [0.2, 0.25) is 0 Å². The van der Waals surface area contributed by atoms with E-state index in [4.69, 9.17) is 19.9 Å². The highest BCUT2D eigenvalue weighted by atomic mass is 19.4. The minimum absolute atomic E-state index is 0.0656. The van der Waals surface area contributed by atoms with Gasteiger partial charge < -0.3 is 19.9 Å². The lowest BCUT2D eigenvalue weighted by Gasteiger charge is -2.27. The summed E-state index contributed by atoms with van der Waals surface area (Å²) in [5.41, 5.74) is 3.05. The van der Waals surface area contributed by atoms with Gasteiger partial charge >= 0.3 is 6.18 Å². The maximum absolute atomic E-state index is 14.1. The van der Waals surface area contributed by atoms with Crippen LogP contribution < -0.4 is 19.9 Å². The van der Waals surface area contributed by atoms with Crippen LogP contribution in [0.25, 0.3) is 0 Å². The normalized spacial score (nSPS) is 16.1. The molecule has 1 aliphatic rings. The van der Waals surface area contributed by atoms with Crippen LogP contribution in [0.4, 0.5) is 22.0 Å². The van der Waals surface area contributed by atoms with Crippen LogP contribution in [-0.4, -0.2) is 25.2 Å². The van der Waals surface area contributed by atoms with Crippen LogP contribution in [0.3, 0.4) is 0 Å². The first-order valence-electron chi connectivity index (χ1n) is 7.58. The van der Waals surface area contributed by atoms with Gasteiger partial charge in [-0.1, -0.05) is 0 Å². The summed E-state index contributed by atoms with van der Waals surface area (Å²) in [6.07, 6.45) is -5.41. The molecule has 2 N–H and O–H groups in total. The number of hydrogen-bond donors (Lipinski definition) is 1. The highest BCUT2D eigenvalue weighted by Crippen LogP contribution is 2.38. The van der Waals surface area contributed by atoms with E-state index in [2.05, 4.69) is 0 Å². The lowest BCUT2D eigenvalue weighted by Crippen LogP contribution is -2.34. The number of fused-ring (bicyclic) bond motifs is 1. The second-order valence-electron chi connectivity index (χ2n) is 5.62. The predicted molar refractivity (Wildman–Crippen MR) is 81.7 cm³/mol. The zero-order valence-corrected chi connectivity index (χ0v) is 13.5. The molecule has 1 atom stereocenters. The highest BCUT2D eigenvalue weighted by molar-refractivity contribution is 5.93. The molecule has 1 heterocycles. The Balaban J connectivity index is 1.73. The lowest BCUT2D eigenvalue weighted by molar-refractivity contribution is -0.137.